The third kappa shape index (κ3) is 4.56. The van der Waals surface area contributed by atoms with E-state index in [4.69, 9.17) is 0 Å². The predicted octanol–water partition coefficient (Wildman–Crippen LogP) is 2.78. The molecule has 1 aromatic carbocycles. The smallest absolute Gasteiger partial charge is 0.436 e. The fourth-order valence-electron chi connectivity index (χ4n) is 1.44. The minimum absolute atomic E-state index is 0.532. The van der Waals surface area contributed by atoms with E-state index in [2.05, 4.69) is 9.47 Å². The van der Waals surface area contributed by atoms with Gasteiger partial charge in [0.2, 0.25) is 0 Å². The van der Waals surface area contributed by atoms with E-state index >= 15 is 0 Å². The van der Waals surface area contributed by atoms with Gasteiger partial charge in [0.1, 0.15) is 6.10 Å². The highest BCUT2D eigenvalue weighted by atomic mass is 19.4. The van der Waals surface area contributed by atoms with Crippen molar-refractivity contribution in [3.05, 3.63) is 35.9 Å². The molecule has 4 nitrogen and oxygen atoms in total. The average molecular weight is 290 g/mol. The summed E-state index contributed by atoms with van der Waals surface area (Å²) in [5, 5.41) is 0. The molecule has 0 amide bonds. The Morgan fingerprint density at radius 3 is 2.10 bits per heavy atom. The van der Waals surface area contributed by atoms with E-state index in [0.29, 0.717) is 5.56 Å². The number of carbonyl (C=O) groups excluding carboxylic acids is 2. The molecule has 0 bridgehead atoms. The second kappa shape index (κ2) is 6.40. The van der Waals surface area contributed by atoms with Gasteiger partial charge in [0, 0.05) is 6.92 Å². The van der Waals surface area contributed by atoms with E-state index < -0.39 is 30.3 Å². The molecule has 0 radical (unpaired) electrons. The lowest BCUT2D eigenvalue weighted by Gasteiger charge is -2.21. The Labute approximate surface area is 113 Å². The normalized spacial score (nSPS) is 14.2. The molecule has 0 aliphatic heterocycles. The quantitative estimate of drug-likeness (QED) is 0.800. The number of hydrogen-bond acceptors (Lipinski definition) is 4. The van der Waals surface area contributed by atoms with Crippen LogP contribution in [0.2, 0.25) is 0 Å². The minimum atomic E-state index is -5.01. The van der Waals surface area contributed by atoms with Crippen LogP contribution >= 0.6 is 0 Å². The van der Waals surface area contributed by atoms with Crippen LogP contribution in [0.15, 0.2) is 30.3 Å². The molecular weight excluding hydrogens is 277 g/mol. The van der Waals surface area contributed by atoms with Gasteiger partial charge in [-0.15, -0.1) is 0 Å². The van der Waals surface area contributed by atoms with Crippen LogP contribution in [0.3, 0.4) is 0 Å². The minimum Gasteiger partial charge on any atom is -0.455 e. The molecule has 20 heavy (non-hydrogen) atoms. The second-order valence-electron chi connectivity index (χ2n) is 4.02. The number of rotatable bonds is 4. The summed E-state index contributed by atoms with van der Waals surface area (Å²) in [5.74, 6) is -2.86. The average Bonchev–Trinajstić information content (AvgIpc) is 2.35. The Bertz CT molecular complexity index is 470. The summed E-state index contributed by atoms with van der Waals surface area (Å²) in [7, 11) is 0. The Kier molecular flexibility index (Phi) is 5.12. The lowest BCUT2D eigenvalue weighted by molar-refractivity contribution is -0.231. The highest BCUT2D eigenvalue weighted by Crippen LogP contribution is 2.26. The fraction of sp³-hybridized carbons (Fsp3) is 0.385. The molecule has 0 saturated carbocycles. The van der Waals surface area contributed by atoms with Crippen LogP contribution in [0.4, 0.5) is 13.2 Å². The zero-order valence-corrected chi connectivity index (χ0v) is 10.8. The molecule has 0 N–H and O–H groups in total. The van der Waals surface area contributed by atoms with Crippen LogP contribution in [-0.2, 0) is 19.1 Å². The molecule has 0 heterocycles. The summed E-state index contributed by atoms with van der Waals surface area (Å²) in [6, 6.07) is 8.24. The predicted molar refractivity (Wildman–Crippen MR) is 62.6 cm³/mol. The number of benzene rings is 1. The Morgan fingerprint density at radius 1 is 1.10 bits per heavy atom. The summed E-state index contributed by atoms with van der Waals surface area (Å²) >= 11 is 0. The topological polar surface area (TPSA) is 52.6 Å². The first-order chi connectivity index (χ1) is 9.21. The molecule has 0 fully saturated rings. The third-order valence-corrected chi connectivity index (χ3v) is 2.36. The van der Waals surface area contributed by atoms with E-state index in [9.17, 15) is 22.8 Å². The Hall–Kier alpha value is -2.05. The van der Waals surface area contributed by atoms with Crippen molar-refractivity contribution < 1.29 is 32.2 Å². The van der Waals surface area contributed by atoms with Crippen molar-refractivity contribution in [3.8, 4) is 0 Å². The number of hydrogen-bond donors (Lipinski definition) is 0. The van der Waals surface area contributed by atoms with Crippen LogP contribution < -0.4 is 0 Å². The van der Waals surface area contributed by atoms with E-state index in [1.54, 1.807) is 30.3 Å². The van der Waals surface area contributed by atoms with Crippen LogP contribution in [0, 0.1) is 0 Å². The largest absolute Gasteiger partial charge is 0.455 e. The zero-order chi connectivity index (χ0) is 15.3. The third-order valence-electron chi connectivity index (χ3n) is 2.36. The number of ether oxygens (including phenoxy) is 2. The van der Waals surface area contributed by atoms with Crippen molar-refractivity contribution in [2.75, 3.05) is 0 Å². The number of esters is 2. The molecule has 0 spiro atoms. The first-order valence-corrected chi connectivity index (χ1v) is 5.71. The number of halogens is 3. The Morgan fingerprint density at radius 2 is 1.65 bits per heavy atom. The standard InChI is InChI=1S/C13H13F3O4/c1-8(10-6-4-3-5-7-10)19-12(18)11(13(14,15)16)20-9(2)17/h3-8,11H,1-2H3/t8?,11-/m0/s1. The lowest BCUT2D eigenvalue weighted by Crippen LogP contribution is -2.41. The summed E-state index contributed by atoms with van der Waals surface area (Å²) in [5.41, 5.74) is 0.532. The molecule has 110 valence electrons. The van der Waals surface area contributed by atoms with E-state index in [1.165, 1.54) is 6.92 Å². The molecule has 2 atom stereocenters. The van der Waals surface area contributed by atoms with Gasteiger partial charge in [-0.1, -0.05) is 30.3 Å². The van der Waals surface area contributed by atoms with Crippen molar-refractivity contribution in [1.82, 2.24) is 0 Å². The van der Waals surface area contributed by atoms with Gasteiger partial charge < -0.3 is 9.47 Å². The maximum absolute atomic E-state index is 12.6. The van der Waals surface area contributed by atoms with E-state index in [1.807, 2.05) is 0 Å². The van der Waals surface area contributed by atoms with Gasteiger partial charge in [0.25, 0.3) is 6.10 Å². The molecule has 0 aliphatic rings. The van der Waals surface area contributed by atoms with E-state index in [-0.39, 0.29) is 0 Å². The molecule has 1 unspecified atom stereocenters. The highest BCUT2D eigenvalue weighted by Gasteiger charge is 2.49. The summed E-state index contributed by atoms with van der Waals surface area (Å²) in [6.45, 7) is 2.21. The second-order valence-corrected chi connectivity index (χ2v) is 4.02. The summed E-state index contributed by atoms with van der Waals surface area (Å²) in [6.07, 6.45) is -8.81. The maximum Gasteiger partial charge on any atom is 0.436 e. The molecule has 7 heteroatoms. The van der Waals surface area contributed by atoms with Crippen molar-refractivity contribution in [2.24, 2.45) is 0 Å². The van der Waals surface area contributed by atoms with Gasteiger partial charge in [0.05, 0.1) is 0 Å². The molecule has 0 aliphatic carbocycles. The van der Waals surface area contributed by atoms with Crippen molar-refractivity contribution in [2.45, 2.75) is 32.2 Å². The zero-order valence-electron chi connectivity index (χ0n) is 10.8. The molecule has 1 aromatic rings. The van der Waals surface area contributed by atoms with Crippen LogP contribution in [0.5, 0.6) is 0 Å². The van der Waals surface area contributed by atoms with Gasteiger partial charge >= 0.3 is 18.1 Å². The van der Waals surface area contributed by atoms with Crippen molar-refractivity contribution in [3.63, 3.8) is 0 Å². The summed E-state index contributed by atoms with van der Waals surface area (Å²) in [4.78, 5) is 22.1. The van der Waals surface area contributed by atoms with Crippen LogP contribution in [0.25, 0.3) is 0 Å². The van der Waals surface area contributed by atoms with Crippen LogP contribution in [-0.4, -0.2) is 24.2 Å². The van der Waals surface area contributed by atoms with Gasteiger partial charge in [-0.3, -0.25) is 4.79 Å². The van der Waals surface area contributed by atoms with Gasteiger partial charge in [-0.05, 0) is 12.5 Å². The van der Waals surface area contributed by atoms with E-state index in [0.717, 1.165) is 6.92 Å². The van der Waals surface area contributed by atoms with Crippen LogP contribution in [0.1, 0.15) is 25.5 Å². The molecule has 1 rings (SSSR count). The Balaban J connectivity index is 2.79. The molecular formula is C13H13F3O4. The summed E-state index contributed by atoms with van der Waals surface area (Å²) < 4.78 is 46.5. The number of carbonyl (C=O) groups is 2. The fourth-order valence-corrected chi connectivity index (χ4v) is 1.44. The van der Waals surface area contributed by atoms with Crippen molar-refractivity contribution in [1.29, 1.82) is 0 Å². The van der Waals surface area contributed by atoms with Gasteiger partial charge in [-0.25, -0.2) is 4.79 Å². The first-order valence-electron chi connectivity index (χ1n) is 5.71. The SMILES string of the molecule is CC(=O)O[C@@H](C(=O)OC(C)c1ccccc1)C(F)(F)F. The molecule has 0 aromatic heterocycles. The van der Waals surface area contributed by atoms with Crippen molar-refractivity contribution >= 4 is 11.9 Å². The van der Waals surface area contributed by atoms with Gasteiger partial charge in [0.15, 0.2) is 0 Å². The van der Waals surface area contributed by atoms with Gasteiger partial charge in [-0.2, -0.15) is 13.2 Å². The maximum atomic E-state index is 12.6. The first kappa shape index (κ1) is 16.0. The molecule has 0 saturated heterocycles. The lowest BCUT2D eigenvalue weighted by atomic mass is 10.1. The number of alkyl halides is 3. The highest BCUT2D eigenvalue weighted by molar-refractivity contribution is 5.79. The monoisotopic (exact) mass is 290 g/mol.